The fourth-order valence-corrected chi connectivity index (χ4v) is 4.28. The van der Waals surface area contributed by atoms with Gasteiger partial charge in [0.2, 0.25) is 0 Å². The number of ether oxygens (including phenoxy) is 2. The van der Waals surface area contributed by atoms with Crippen molar-refractivity contribution < 1.29 is 23.5 Å². The molecule has 2 aliphatic rings. The maximum atomic E-state index is 12.9. The van der Waals surface area contributed by atoms with E-state index in [0.29, 0.717) is 23.6 Å². The van der Waals surface area contributed by atoms with E-state index >= 15 is 0 Å². The van der Waals surface area contributed by atoms with Crippen LogP contribution in [0.5, 0.6) is 5.75 Å². The molecule has 31 heavy (non-hydrogen) atoms. The molecule has 2 atom stereocenters. The van der Waals surface area contributed by atoms with Gasteiger partial charge in [-0.15, -0.1) is 0 Å². The van der Waals surface area contributed by atoms with Crippen molar-refractivity contribution >= 4 is 12.0 Å². The molecule has 0 bridgehead atoms. The van der Waals surface area contributed by atoms with Crippen LogP contribution >= 0.6 is 0 Å². The van der Waals surface area contributed by atoms with Crippen molar-refractivity contribution in [2.45, 2.75) is 31.8 Å². The van der Waals surface area contributed by atoms with Gasteiger partial charge in [-0.1, -0.05) is 12.1 Å². The molecule has 1 aromatic heterocycles. The van der Waals surface area contributed by atoms with E-state index in [9.17, 15) is 9.59 Å². The Kier molecular flexibility index (Phi) is 6.27. The topological polar surface area (TPSA) is 93.0 Å². The Morgan fingerprint density at radius 2 is 2.06 bits per heavy atom. The number of carbonyl (C=O) groups excluding carboxylic acids is 2. The van der Waals surface area contributed by atoms with Crippen LogP contribution < -0.4 is 15.4 Å². The summed E-state index contributed by atoms with van der Waals surface area (Å²) in [5.74, 6) is 0.836. The van der Waals surface area contributed by atoms with Crippen molar-refractivity contribution in [1.82, 2.24) is 15.5 Å². The van der Waals surface area contributed by atoms with Crippen molar-refractivity contribution in [3.63, 3.8) is 0 Å². The predicted molar refractivity (Wildman–Crippen MR) is 113 cm³/mol. The van der Waals surface area contributed by atoms with Gasteiger partial charge in [-0.25, -0.2) is 9.59 Å². The number of methoxy groups -OCH3 is 1. The average molecular weight is 425 g/mol. The normalized spacial score (nSPS) is 21.5. The summed E-state index contributed by atoms with van der Waals surface area (Å²) in [5.41, 5.74) is 2.10. The van der Waals surface area contributed by atoms with E-state index < -0.39 is 12.0 Å². The Balaban J connectivity index is 1.65. The number of benzene rings is 1. The molecule has 2 aromatic rings. The number of carbonyl (C=O) groups is 2. The number of nitrogens with one attached hydrogen (secondary N) is 2. The lowest BCUT2D eigenvalue weighted by Gasteiger charge is -2.32. The van der Waals surface area contributed by atoms with Gasteiger partial charge in [-0.3, -0.25) is 4.90 Å². The first kappa shape index (κ1) is 21.0. The minimum Gasteiger partial charge on any atom is -0.497 e. The number of hydrogen-bond donors (Lipinski definition) is 2. The molecule has 2 aliphatic heterocycles. The van der Waals surface area contributed by atoms with Crippen molar-refractivity contribution in [2.24, 2.45) is 0 Å². The molecule has 1 aromatic carbocycles. The summed E-state index contributed by atoms with van der Waals surface area (Å²) in [4.78, 5) is 27.6. The maximum absolute atomic E-state index is 12.9. The Morgan fingerprint density at radius 1 is 1.26 bits per heavy atom. The van der Waals surface area contributed by atoms with E-state index in [1.54, 1.807) is 26.2 Å². The molecule has 1 saturated heterocycles. The number of furan rings is 1. The van der Waals surface area contributed by atoms with Gasteiger partial charge in [0.1, 0.15) is 17.6 Å². The fourth-order valence-electron chi connectivity index (χ4n) is 4.28. The number of amides is 2. The van der Waals surface area contributed by atoms with Crippen LogP contribution in [0.2, 0.25) is 0 Å². The van der Waals surface area contributed by atoms with E-state index in [1.165, 1.54) is 11.8 Å². The number of urea groups is 1. The van der Waals surface area contributed by atoms with Crippen LogP contribution in [0, 0.1) is 0 Å². The van der Waals surface area contributed by atoms with Gasteiger partial charge < -0.3 is 24.5 Å². The zero-order valence-electron chi connectivity index (χ0n) is 17.7. The second kappa shape index (κ2) is 9.26. The summed E-state index contributed by atoms with van der Waals surface area (Å²) in [6.07, 6.45) is 3.56. The monoisotopic (exact) mass is 425 g/mol. The zero-order chi connectivity index (χ0) is 21.8. The molecular weight excluding hydrogens is 398 g/mol. The molecule has 8 nitrogen and oxygen atoms in total. The Labute approximate surface area is 181 Å². The van der Waals surface area contributed by atoms with Crippen LogP contribution in [-0.4, -0.2) is 43.7 Å². The van der Waals surface area contributed by atoms with Gasteiger partial charge in [0, 0.05) is 18.3 Å². The number of likely N-dealkylation sites (tertiary alicyclic amines) is 1. The van der Waals surface area contributed by atoms with E-state index in [2.05, 4.69) is 27.7 Å². The first-order valence-electron chi connectivity index (χ1n) is 10.5. The lowest BCUT2D eigenvalue weighted by Crippen LogP contribution is -2.48. The highest BCUT2D eigenvalue weighted by atomic mass is 16.5. The van der Waals surface area contributed by atoms with Crippen LogP contribution in [0.4, 0.5) is 4.79 Å². The summed E-state index contributed by atoms with van der Waals surface area (Å²) >= 11 is 0. The van der Waals surface area contributed by atoms with Gasteiger partial charge in [-0.2, -0.15) is 0 Å². The number of hydrogen-bond acceptors (Lipinski definition) is 6. The van der Waals surface area contributed by atoms with E-state index in [4.69, 9.17) is 13.9 Å². The predicted octanol–water partition coefficient (Wildman–Crippen LogP) is 3.30. The van der Waals surface area contributed by atoms with Crippen LogP contribution in [0.3, 0.4) is 0 Å². The molecule has 0 unspecified atom stereocenters. The first-order valence-corrected chi connectivity index (χ1v) is 10.5. The van der Waals surface area contributed by atoms with E-state index in [-0.39, 0.29) is 18.7 Å². The second-order valence-electron chi connectivity index (χ2n) is 7.56. The number of esters is 1. The van der Waals surface area contributed by atoms with Gasteiger partial charge in [-0.05, 0) is 56.1 Å². The zero-order valence-corrected chi connectivity index (χ0v) is 17.7. The molecule has 1 fully saturated rings. The highest BCUT2D eigenvalue weighted by Crippen LogP contribution is 2.35. The average Bonchev–Trinajstić information content (AvgIpc) is 3.46. The van der Waals surface area contributed by atoms with Crippen LogP contribution in [0.1, 0.15) is 43.2 Å². The summed E-state index contributed by atoms with van der Waals surface area (Å²) < 4.78 is 16.1. The third kappa shape index (κ3) is 4.44. The highest BCUT2D eigenvalue weighted by Gasteiger charge is 2.37. The summed E-state index contributed by atoms with van der Waals surface area (Å²) in [5, 5.41) is 5.62. The smallest absolute Gasteiger partial charge is 0.338 e. The fraction of sp³-hybridized carbons (Fsp3) is 0.391. The van der Waals surface area contributed by atoms with Crippen molar-refractivity contribution in [1.29, 1.82) is 0 Å². The molecule has 4 rings (SSSR count). The van der Waals surface area contributed by atoms with Crippen LogP contribution in [0.25, 0.3) is 0 Å². The highest BCUT2D eigenvalue weighted by molar-refractivity contribution is 5.95. The van der Waals surface area contributed by atoms with Gasteiger partial charge in [0.15, 0.2) is 0 Å². The van der Waals surface area contributed by atoms with Crippen molar-refractivity contribution in [2.75, 3.05) is 26.8 Å². The molecule has 0 spiro atoms. The standard InChI is InChI=1S/C23H27N3O5/c1-3-30-22(27)20-17(24-23(28)25-21(20)19-7-5-13-31-19)14-26-12-4-6-18(26)15-8-10-16(29-2)11-9-15/h5,7-11,13,18,21H,3-4,6,12,14H2,1-2H3,(H2,24,25,28)/t18-,21+/m1/s1. The molecule has 3 heterocycles. The minimum atomic E-state index is -0.695. The van der Waals surface area contributed by atoms with Gasteiger partial charge >= 0.3 is 12.0 Å². The quantitative estimate of drug-likeness (QED) is 0.662. The van der Waals surface area contributed by atoms with Crippen molar-refractivity contribution in [3.05, 3.63) is 65.3 Å². The molecule has 2 amide bonds. The summed E-state index contributed by atoms with van der Waals surface area (Å²) in [6.45, 7) is 3.29. The Morgan fingerprint density at radius 3 is 2.74 bits per heavy atom. The summed E-state index contributed by atoms with van der Waals surface area (Å²) in [6, 6.07) is 10.6. The third-order valence-corrected chi connectivity index (χ3v) is 5.70. The van der Waals surface area contributed by atoms with Gasteiger partial charge in [0.05, 0.1) is 25.6 Å². The van der Waals surface area contributed by atoms with E-state index in [0.717, 1.165) is 25.1 Å². The van der Waals surface area contributed by atoms with Crippen molar-refractivity contribution in [3.8, 4) is 5.75 Å². The first-order chi connectivity index (χ1) is 15.1. The van der Waals surface area contributed by atoms with E-state index in [1.807, 2.05) is 12.1 Å². The molecular formula is C23H27N3O5. The van der Waals surface area contributed by atoms with Crippen LogP contribution in [-0.2, 0) is 9.53 Å². The van der Waals surface area contributed by atoms with Gasteiger partial charge in [0.25, 0.3) is 0 Å². The lowest BCUT2D eigenvalue weighted by atomic mass is 9.99. The molecule has 2 N–H and O–H groups in total. The molecule has 0 saturated carbocycles. The Hall–Kier alpha value is -3.26. The minimum absolute atomic E-state index is 0.190. The third-order valence-electron chi connectivity index (χ3n) is 5.70. The summed E-state index contributed by atoms with van der Waals surface area (Å²) in [7, 11) is 1.65. The molecule has 164 valence electrons. The molecule has 0 radical (unpaired) electrons. The number of nitrogens with zero attached hydrogens (tertiary/aromatic N) is 1. The van der Waals surface area contributed by atoms with Crippen LogP contribution in [0.15, 0.2) is 58.3 Å². The lowest BCUT2D eigenvalue weighted by molar-refractivity contribution is -0.139. The molecule has 8 heteroatoms. The number of rotatable bonds is 7. The SMILES string of the molecule is CCOC(=O)C1=C(CN2CCC[C@@H]2c2ccc(OC)cc2)NC(=O)N[C@H]1c1ccco1. The largest absolute Gasteiger partial charge is 0.497 e. The second-order valence-corrected chi connectivity index (χ2v) is 7.56. The maximum Gasteiger partial charge on any atom is 0.338 e. The Bertz CT molecular complexity index is 952. The molecule has 0 aliphatic carbocycles.